The van der Waals surface area contributed by atoms with Gasteiger partial charge in [-0.3, -0.25) is 0 Å². The number of hydrogen-bond acceptors (Lipinski definition) is 6. The van der Waals surface area contributed by atoms with E-state index in [-0.39, 0.29) is 47.5 Å². The first-order valence-electron chi connectivity index (χ1n) is 20.2. The van der Waals surface area contributed by atoms with Gasteiger partial charge in [-0.15, -0.1) is 83.9 Å². The van der Waals surface area contributed by atoms with Crippen molar-refractivity contribution >= 4 is 55.9 Å². The largest absolute Gasteiger partial charge is 2.00 e. The summed E-state index contributed by atoms with van der Waals surface area (Å²) in [6.07, 6.45) is 7.47. The van der Waals surface area contributed by atoms with Crippen molar-refractivity contribution in [3.05, 3.63) is 212 Å². The smallest absolute Gasteiger partial charge is 0.352 e. The molecule has 0 amide bonds. The minimum Gasteiger partial charge on any atom is -0.352 e. The molecule has 0 N–H and O–H groups in total. The first-order chi connectivity index (χ1) is 29.9. The molecule has 4 heterocycles. The molecule has 0 fully saturated rings. The summed E-state index contributed by atoms with van der Waals surface area (Å²) in [6.45, 7) is 6.51. The molecule has 310 valence electrons. The molecule has 9 heteroatoms. The fourth-order valence-electron chi connectivity index (χ4n) is 7.61. The third-order valence-electron chi connectivity index (χ3n) is 10.7. The van der Waals surface area contributed by atoms with Gasteiger partial charge in [0.15, 0.2) is 0 Å². The number of nitrogens with zero attached hydrogens (tertiary/aromatic N) is 7. The zero-order chi connectivity index (χ0) is 41.3. The van der Waals surface area contributed by atoms with E-state index in [1.807, 2.05) is 109 Å². The SMILES string of the molecule is CC(C)(C)c1cnc(-n2c3[c-]c(N(c4[c-]c(-c5ccccn5)ccc4)c4ccccc4)ccc3c3ccc(N(c4[c-]c(-c5ccccn5)ccc4)c4ccccc4)[c-]c32)nc1.[Pt+2].[Pt+2]. The summed E-state index contributed by atoms with van der Waals surface area (Å²) < 4.78 is 2.08. The van der Waals surface area contributed by atoms with Crippen molar-refractivity contribution in [2.75, 3.05) is 9.80 Å². The van der Waals surface area contributed by atoms with Crippen LogP contribution in [0.15, 0.2) is 183 Å². The Morgan fingerprint density at radius 3 is 1.27 bits per heavy atom. The van der Waals surface area contributed by atoms with Crippen LogP contribution in [0.2, 0.25) is 0 Å². The summed E-state index contributed by atoms with van der Waals surface area (Å²) >= 11 is 0. The van der Waals surface area contributed by atoms with Crippen LogP contribution in [0.5, 0.6) is 0 Å². The molecule has 7 nitrogen and oxygen atoms in total. The maximum Gasteiger partial charge on any atom is 2.00 e. The molecule has 10 rings (SSSR count). The van der Waals surface area contributed by atoms with E-state index in [0.29, 0.717) is 5.95 Å². The van der Waals surface area contributed by atoms with Crippen LogP contribution in [0, 0.1) is 24.3 Å². The van der Waals surface area contributed by atoms with Crippen molar-refractivity contribution in [3.63, 3.8) is 0 Å². The van der Waals surface area contributed by atoms with E-state index in [1.165, 1.54) is 0 Å². The van der Waals surface area contributed by atoms with Gasteiger partial charge in [-0.1, -0.05) is 104 Å². The molecule has 0 aliphatic heterocycles. The third kappa shape index (κ3) is 8.64. The van der Waals surface area contributed by atoms with Crippen molar-refractivity contribution in [2.24, 2.45) is 0 Å². The summed E-state index contributed by atoms with van der Waals surface area (Å²) in [4.78, 5) is 23.6. The maximum absolute atomic E-state index is 5.02. The van der Waals surface area contributed by atoms with E-state index in [9.17, 15) is 0 Å². The number of fused-ring (bicyclic) bond motifs is 3. The predicted molar refractivity (Wildman–Crippen MR) is 246 cm³/mol. The van der Waals surface area contributed by atoms with Crippen LogP contribution in [0.25, 0.3) is 50.3 Å². The van der Waals surface area contributed by atoms with Crippen LogP contribution >= 0.6 is 0 Å². The van der Waals surface area contributed by atoms with Gasteiger partial charge in [-0.05, 0) is 70.1 Å². The van der Waals surface area contributed by atoms with Gasteiger partial charge in [-0.2, -0.15) is 22.9 Å². The Bertz CT molecular complexity index is 2930. The van der Waals surface area contributed by atoms with Crippen molar-refractivity contribution < 1.29 is 42.1 Å². The number of aromatic nitrogens is 5. The van der Waals surface area contributed by atoms with Gasteiger partial charge in [-0.25, -0.2) is 9.97 Å². The molecule has 10 aromatic rings. The van der Waals surface area contributed by atoms with Crippen LogP contribution in [-0.4, -0.2) is 24.5 Å². The number of anilines is 6. The van der Waals surface area contributed by atoms with Gasteiger partial charge in [0, 0.05) is 36.2 Å². The van der Waals surface area contributed by atoms with Gasteiger partial charge in [0.25, 0.3) is 0 Å². The van der Waals surface area contributed by atoms with E-state index < -0.39 is 0 Å². The average molecular weight is 1180 g/mol. The molecule has 0 spiro atoms. The predicted octanol–water partition coefficient (Wildman–Crippen LogP) is 13.1. The van der Waals surface area contributed by atoms with Gasteiger partial charge in [0.2, 0.25) is 5.95 Å². The number of rotatable bonds is 9. The summed E-state index contributed by atoms with van der Waals surface area (Å²) in [5.74, 6) is 0.528. The summed E-state index contributed by atoms with van der Waals surface area (Å²) in [6, 6.07) is 68.3. The van der Waals surface area contributed by atoms with Gasteiger partial charge >= 0.3 is 42.1 Å². The Kier molecular flexibility index (Phi) is 12.6. The molecule has 0 aliphatic rings. The Morgan fingerprint density at radius 1 is 0.429 bits per heavy atom. The Balaban J connectivity index is 0.00000272. The van der Waals surface area contributed by atoms with E-state index in [4.69, 9.17) is 9.97 Å². The molecule has 0 aliphatic carbocycles. The first kappa shape index (κ1) is 43.1. The standard InChI is InChI=1S/C54H39N7.2Pt/c1-54(2,3)40-36-57-53(58-37-40)61-51-34-45(59(41-18-6-4-7-19-41)43-22-14-16-38(32-43)49-24-10-12-30-55-49)26-28-47(51)48-29-27-46(35-52(48)61)60(42-20-8-5-9-21-42)44-23-15-17-39(33-44)50-25-11-13-31-56-50;;/h4-31,36-37H,1-3H3;;/q-4;2*+2. The number of para-hydroxylation sites is 2. The van der Waals surface area contributed by atoms with Crippen molar-refractivity contribution in [1.82, 2.24) is 24.5 Å². The topological polar surface area (TPSA) is 63.0 Å². The van der Waals surface area contributed by atoms with E-state index >= 15 is 0 Å². The van der Waals surface area contributed by atoms with Crippen LogP contribution in [-0.2, 0) is 47.5 Å². The minimum atomic E-state index is -0.120. The van der Waals surface area contributed by atoms with E-state index in [2.05, 4.69) is 130 Å². The second-order valence-corrected chi connectivity index (χ2v) is 15.7. The molecule has 6 aromatic carbocycles. The molecule has 0 unspecified atom stereocenters. The Labute approximate surface area is 396 Å². The van der Waals surface area contributed by atoms with Crippen molar-refractivity contribution in [2.45, 2.75) is 26.2 Å². The van der Waals surface area contributed by atoms with Crippen molar-refractivity contribution in [3.8, 4) is 28.5 Å². The zero-order valence-electron chi connectivity index (χ0n) is 34.6. The normalized spacial score (nSPS) is 11.2. The van der Waals surface area contributed by atoms with Gasteiger partial charge in [0.05, 0.1) is 0 Å². The molecular formula is C54H39N7Pt2. The van der Waals surface area contributed by atoms with Crippen LogP contribution in [0.3, 0.4) is 0 Å². The van der Waals surface area contributed by atoms with E-state index in [0.717, 1.165) is 84.0 Å². The number of pyridine rings is 2. The third-order valence-corrected chi connectivity index (χ3v) is 10.7. The summed E-state index contributed by atoms with van der Waals surface area (Å²) in [5.41, 5.74) is 11.4. The number of benzene rings is 6. The fourth-order valence-corrected chi connectivity index (χ4v) is 7.61. The van der Waals surface area contributed by atoms with Gasteiger partial charge in [0.1, 0.15) is 0 Å². The van der Waals surface area contributed by atoms with Crippen LogP contribution < -0.4 is 9.80 Å². The Morgan fingerprint density at radius 2 is 0.857 bits per heavy atom. The molecule has 0 bridgehead atoms. The van der Waals surface area contributed by atoms with Crippen LogP contribution in [0.4, 0.5) is 34.1 Å². The molecule has 0 saturated carbocycles. The molecule has 0 saturated heterocycles. The Hall–Kier alpha value is -6.52. The molecular weight excluding hydrogens is 1140 g/mol. The first-order valence-corrected chi connectivity index (χ1v) is 20.2. The minimum absolute atomic E-state index is 0. The molecule has 63 heavy (non-hydrogen) atoms. The summed E-state index contributed by atoms with van der Waals surface area (Å²) in [7, 11) is 0. The maximum atomic E-state index is 5.02. The fraction of sp³-hybridized carbons (Fsp3) is 0.0741. The van der Waals surface area contributed by atoms with Crippen molar-refractivity contribution in [1.29, 1.82) is 0 Å². The monoisotopic (exact) mass is 1180 g/mol. The molecule has 4 aromatic heterocycles. The second kappa shape index (κ2) is 18.4. The average Bonchev–Trinajstić information content (AvgIpc) is 3.63. The van der Waals surface area contributed by atoms with E-state index in [1.54, 1.807) is 12.4 Å². The molecule has 0 radical (unpaired) electrons. The summed E-state index contributed by atoms with van der Waals surface area (Å²) in [5, 5.41) is 2.00. The number of hydrogen-bond donors (Lipinski definition) is 0. The second-order valence-electron chi connectivity index (χ2n) is 15.7. The molecule has 0 atom stereocenters. The van der Waals surface area contributed by atoms with Gasteiger partial charge < -0.3 is 24.3 Å². The van der Waals surface area contributed by atoms with Crippen LogP contribution in [0.1, 0.15) is 26.3 Å². The zero-order valence-corrected chi connectivity index (χ0v) is 39.1. The quantitative estimate of drug-likeness (QED) is 0.134.